The zero-order valence-corrected chi connectivity index (χ0v) is 11.6. The van der Waals surface area contributed by atoms with Crippen molar-refractivity contribution in [2.45, 2.75) is 52.1 Å². The van der Waals surface area contributed by atoms with Gasteiger partial charge in [-0.3, -0.25) is 0 Å². The van der Waals surface area contributed by atoms with Gasteiger partial charge in [-0.05, 0) is 36.5 Å². The number of hydrogen-bond acceptors (Lipinski definition) is 2. The molecule has 0 aromatic heterocycles. The number of ether oxygens (including phenoxy) is 1. The molecule has 0 bridgehead atoms. The number of hydrogen-bond donors (Lipinski definition) is 1. The van der Waals surface area contributed by atoms with E-state index in [9.17, 15) is 0 Å². The third kappa shape index (κ3) is 4.02. The van der Waals surface area contributed by atoms with E-state index in [-0.39, 0.29) is 0 Å². The summed E-state index contributed by atoms with van der Waals surface area (Å²) < 4.78 is 5.65. The molecule has 2 unspecified atom stereocenters. The third-order valence-corrected chi connectivity index (χ3v) is 3.71. The first kappa shape index (κ1) is 13.4. The van der Waals surface area contributed by atoms with Crippen LogP contribution in [0.2, 0.25) is 0 Å². The minimum Gasteiger partial charge on any atom is -0.494 e. The Labute approximate surface area is 111 Å². The van der Waals surface area contributed by atoms with Crippen molar-refractivity contribution in [3.05, 3.63) is 29.8 Å². The van der Waals surface area contributed by atoms with Crippen LogP contribution in [-0.2, 0) is 6.54 Å². The molecule has 1 aromatic rings. The van der Waals surface area contributed by atoms with Crippen LogP contribution < -0.4 is 10.1 Å². The molecule has 2 rings (SSSR count). The Hall–Kier alpha value is -1.02. The van der Waals surface area contributed by atoms with Crippen LogP contribution in [0.5, 0.6) is 5.75 Å². The number of rotatable bonds is 8. The fraction of sp³-hybridized carbons (Fsp3) is 0.625. The summed E-state index contributed by atoms with van der Waals surface area (Å²) in [5.41, 5.74) is 1.35. The lowest BCUT2D eigenvalue weighted by atomic mass is 10.2. The van der Waals surface area contributed by atoms with Crippen LogP contribution in [0.25, 0.3) is 0 Å². The van der Waals surface area contributed by atoms with Gasteiger partial charge in [-0.2, -0.15) is 0 Å². The van der Waals surface area contributed by atoms with Crippen LogP contribution in [-0.4, -0.2) is 12.6 Å². The lowest BCUT2D eigenvalue weighted by molar-refractivity contribution is 0.309. The first-order chi connectivity index (χ1) is 8.83. The minimum absolute atomic E-state index is 0.760. The van der Waals surface area contributed by atoms with Gasteiger partial charge >= 0.3 is 0 Å². The minimum atomic E-state index is 0.760. The summed E-state index contributed by atoms with van der Waals surface area (Å²) in [6.07, 6.45) is 4.97. The Kier molecular flexibility index (Phi) is 5.06. The van der Waals surface area contributed by atoms with E-state index in [4.69, 9.17) is 4.74 Å². The second kappa shape index (κ2) is 6.79. The molecular formula is C16H25NO. The Morgan fingerprint density at radius 1 is 1.22 bits per heavy atom. The standard InChI is InChI=1S/C16H25NO/c1-3-5-10-18-15-8-6-13(7-9-15)12-17-16-11-14(16)4-2/h6-9,14,16-17H,3-5,10-12H2,1-2H3. The maximum Gasteiger partial charge on any atom is 0.119 e. The first-order valence-electron chi connectivity index (χ1n) is 7.28. The number of unbranched alkanes of at least 4 members (excludes halogenated alkanes) is 1. The number of nitrogens with one attached hydrogen (secondary N) is 1. The van der Waals surface area contributed by atoms with Gasteiger partial charge in [0.2, 0.25) is 0 Å². The highest BCUT2D eigenvalue weighted by Gasteiger charge is 2.34. The lowest BCUT2D eigenvalue weighted by Crippen LogP contribution is -2.17. The van der Waals surface area contributed by atoms with Gasteiger partial charge < -0.3 is 10.1 Å². The quantitative estimate of drug-likeness (QED) is 0.706. The van der Waals surface area contributed by atoms with Gasteiger partial charge in [0.25, 0.3) is 0 Å². The molecule has 0 spiro atoms. The van der Waals surface area contributed by atoms with Gasteiger partial charge in [0.05, 0.1) is 6.61 Å². The lowest BCUT2D eigenvalue weighted by Gasteiger charge is -2.07. The van der Waals surface area contributed by atoms with Crippen molar-refractivity contribution in [1.29, 1.82) is 0 Å². The molecule has 18 heavy (non-hydrogen) atoms. The average Bonchev–Trinajstić information content (AvgIpc) is 3.17. The van der Waals surface area contributed by atoms with E-state index < -0.39 is 0 Å². The number of benzene rings is 1. The molecule has 100 valence electrons. The zero-order valence-electron chi connectivity index (χ0n) is 11.6. The van der Waals surface area contributed by atoms with Gasteiger partial charge in [-0.25, -0.2) is 0 Å². The fourth-order valence-electron chi connectivity index (χ4n) is 2.24. The summed E-state index contributed by atoms with van der Waals surface area (Å²) in [6, 6.07) is 9.25. The molecule has 2 nitrogen and oxygen atoms in total. The average molecular weight is 247 g/mol. The van der Waals surface area contributed by atoms with Crippen molar-refractivity contribution in [3.63, 3.8) is 0 Å². The third-order valence-electron chi connectivity index (χ3n) is 3.71. The normalized spacial score (nSPS) is 21.9. The maximum atomic E-state index is 5.65. The van der Waals surface area contributed by atoms with E-state index in [1.807, 2.05) is 0 Å². The van der Waals surface area contributed by atoms with Crippen LogP contribution in [0.4, 0.5) is 0 Å². The summed E-state index contributed by atoms with van der Waals surface area (Å²) in [6.45, 7) is 6.26. The molecule has 2 heteroatoms. The molecule has 1 aromatic carbocycles. The highest BCUT2D eigenvalue weighted by Crippen LogP contribution is 2.33. The molecule has 1 N–H and O–H groups in total. The summed E-state index contributed by atoms with van der Waals surface area (Å²) in [4.78, 5) is 0. The van der Waals surface area contributed by atoms with Crippen molar-refractivity contribution in [2.24, 2.45) is 5.92 Å². The Balaban J connectivity index is 1.70. The van der Waals surface area contributed by atoms with E-state index in [0.29, 0.717) is 0 Å². The Morgan fingerprint density at radius 3 is 2.61 bits per heavy atom. The summed E-state index contributed by atoms with van der Waals surface area (Å²) >= 11 is 0. The summed E-state index contributed by atoms with van der Waals surface area (Å²) in [7, 11) is 0. The van der Waals surface area contributed by atoms with Crippen LogP contribution in [0.3, 0.4) is 0 Å². The molecular weight excluding hydrogens is 222 g/mol. The fourth-order valence-corrected chi connectivity index (χ4v) is 2.24. The smallest absolute Gasteiger partial charge is 0.119 e. The summed E-state index contributed by atoms with van der Waals surface area (Å²) in [5.74, 6) is 1.91. The van der Waals surface area contributed by atoms with Gasteiger partial charge in [0, 0.05) is 12.6 Å². The topological polar surface area (TPSA) is 21.3 Å². The van der Waals surface area contributed by atoms with Crippen molar-refractivity contribution < 1.29 is 4.74 Å². The van der Waals surface area contributed by atoms with E-state index in [2.05, 4.69) is 43.4 Å². The van der Waals surface area contributed by atoms with Crippen molar-refractivity contribution in [2.75, 3.05) is 6.61 Å². The molecule has 0 heterocycles. The van der Waals surface area contributed by atoms with Crippen LogP contribution in [0.15, 0.2) is 24.3 Å². The predicted octanol–water partition coefficient (Wildman–Crippen LogP) is 3.75. The SMILES string of the molecule is CCCCOc1ccc(CNC2CC2CC)cc1. The zero-order chi connectivity index (χ0) is 12.8. The van der Waals surface area contributed by atoms with Crippen molar-refractivity contribution in [1.82, 2.24) is 5.32 Å². The van der Waals surface area contributed by atoms with Crippen LogP contribution in [0.1, 0.15) is 45.1 Å². The van der Waals surface area contributed by atoms with Crippen molar-refractivity contribution >= 4 is 0 Å². The van der Waals surface area contributed by atoms with Gasteiger partial charge in [-0.15, -0.1) is 0 Å². The van der Waals surface area contributed by atoms with Crippen LogP contribution in [0, 0.1) is 5.92 Å². The molecule has 1 fully saturated rings. The van der Waals surface area contributed by atoms with E-state index >= 15 is 0 Å². The predicted molar refractivity (Wildman–Crippen MR) is 75.9 cm³/mol. The molecule has 0 amide bonds. The largest absolute Gasteiger partial charge is 0.494 e. The second-order valence-corrected chi connectivity index (χ2v) is 5.24. The second-order valence-electron chi connectivity index (χ2n) is 5.24. The van der Waals surface area contributed by atoms with Crippen LogP contribution >= 0.6 is 0 Å². The highest BCUT2D eigenvalue weighted by atomic mass is 16.5. The maximum absolute atomic E-state index is 5.65. The highest BCUT2D eigenvalue weighted by molar-refractivity contribution is 5.27. The van der Waals surface area contributed by atoms with Gasteiger partial charge in [0.15, 0.2) is 0 Å². The monoisotopic (exact) mass is 247 g/mol. The van der Waals surface area contributed by atoms with Gasteiger partial charge in [-0.1, -0.05) is 38.8 Å². The Morgan fingerprint density at radius 2 is 2.00 bits per heavy atom. The molecule has 0 saturated heterocycles. The summed E-state index contributed by atoms with van der Waals surface area (Å²) in [5, 5.41) is 3.60. The molecule has 1 aliphatic rings. The van der Waals surface area contributed by atoms with Gasteiger partial charge in [0.1, 0.15) is 5.75 Å². The molecule has 1 saturated carbocycles. The van der Waals surface area contributed by atoms with Crippen molar-refractivity contribution in [3.8, 4) is 5.75 Å². The van der Waals surface area contributed by atoms with E-state index in [1.54, 1.807) is 0 Å². The molecule has 0 radical (unpaired) electrons. The Bertz CT molecular complexity index is 347. The van der Waals surface area contributed by atoms with E-state index in [1.165, 1.54) is 24.8 Å². The molecule has 1 aliphatic carbocycles. The molecule has 2 atom stereocenters. The van der Waals surface area contributed by atoms with E-state index in [0.717, 1.165) is 37.3 Å². The molecule has 0 aliphatic heterocycles. The first-order valence-corrected chi connectivity index (χ1v) is 7.28.